The quantitative estimate of drug-likeness (QED) is 0.556. The Balaban J connectivity index is 1.82. The van der Waals surface area contributed by atoms with Crippen LogP contribution in [0.15, 0.2) is 45.8 Å². The van der Waals surface area contributed by atoms with Crippen LogP contribution >= 0.6 is 11.6 Å². The Labute approximate surface area is 186 Å². The number of benzene rings is 2. The monoisotopic (exact) mass is 461 g/mol. The van der Waals surface area contributed by atoms with Crippen LogP contribution in [-0.4, -0.2) is 26.0 Å². The van der Waals surface area contributed by atoms with Gasteiger partial charge in [-0.15, -0.1) is 0 Å². The molecule has 1 atom stereocenters. The van der Waals surface area contributed by atoms with Crippen LogP contribution in [-0.2, 0) is 27.6 Å². The maximum atomic E-state index is 15.0. The summed E-state index contributed by atoms with van der Waals surface area (Å²) in [4.78, 5) is 19.0. The lowest BCUT2D eigenvalue weighted by Crippen LogP contribution is -2.30. The van der Waals surface area contributed by atoms with Crippen molar-refractivity contribution in [3.8, 4) is 11.4 Å². The second-order valence-electron chi connectivity index (χ2n) is 8.38. The number of rotatable bonds is 3. The maximum Gasteiger partial charge on any atom is 0.232 e. The molecule has 2 heterocycles. The van der Waals surface area contributed by atoms with E-state index in [1.54, 1.807) is 12.1 Å². The van der Waals surface area contributed by atoms with E-state index in [1.165, 1.54) is 17.0 Å². The molecule has 1 aliphatic rings. The van der Waals surface area contributed by atoms with Gasteiger partial charge in [-0.1, -0.05) is 49.7 Å². The highest BCUT2D eigenvalue weighted by atomic mass is 35.5. The highest BCUT2D eigenvalue weighted by Crippen LogP contribution is 2.36. The van der Waals surface area contributed by atoms with Crippen LogP contribution in [0, 0.1) is 5.82 Å². The Morgan fingerprint density at radius 2 is 1.94 bits per heavy atom. The standard InChI is InChI=1S/C22H21ClFN3O3S/c1-22(2,3)21-25-20(26-30-21)15-10-17-18(11-16(15)24)31(29)9-8-19(28)27(17)12-13-4-6-14(23)7-5-13/h4-7,10-11H,8-9,12H2,1-3H3. The van der Waals surface area contributed by atoms with E-state index in [-0.39, 0.29) is 40.9 Å². The Kier molecular flexibility index (Phi) is 5.70. The van der Waals surface area contributed by atoms with E-state index in [0.29, 0.717) is 16.6 Å². The summed E-state index contributed by atoms with van der Waals surface area (Å²) in [6.07, 6.45) is 0.0994. The zero-order valence-corrected chi connectivity index (χ0v) is 18.9. The zero-order valence-electron chi connectivity index (χ0n) is 17.3. The molecule has 1 unspecified atom stereocenters. The van der Waals surface area contributed by atoms with Gasteiger partial charge in [0.05, 0.1) is 33.5 Å². The van der Waals surface area contributed by atoms with Crippen LogP contribution in [0.25, 0.3) is 11.4 Å². The minimum Gasteiger partial charge on any atom is -0.338 e. The molecule has 4 rings (SSSR count). The summed E-state index contributed by atoms with van der Waals surface area (Å²) in [6.45, 7) is 5.97. The fraction of sp³-hybridized carbons (Fsp3) is 0.318. The molecular weight excluding hydrogens is 441 g/mol. The third-order valence-electron chi connectivity index (χ3n) is 4.95. The number of fused-ring (bicyclic) bond motifs is 1. The smallest absolute Gasteiger partial charge is 0.232 e. The molecule has 0 aliphatic carbocycles. The summed E-state index contributed by atoms with van der Waals surface area (Å²) in [5, 5.41) is 4.51. The normalized spacial score (nSPS) is 16.9. The first-order valence-corrected chi connectivity index (χ1v) is 11.4. The summed E-state index contributed by atoms with van der Waals surface area (Å²) in [5.41, 5.74) is 0.919. The number of nitrogens with zero attached hydrogens (tertiary/aromatic N) is 3. The van der Waals surface area contributed by atoms with Crippen molar-refractivity contribution in [3.63, 3.8) is 0 Å². The van der Waals surface area contributed by atoms with Gasteiger partial charge in [0.2, 0.25) is 17.6 Å². The van der Waals surface area contributed by atoms with Crippen LogP contribution < -0.4 is 4.90 Å². The molecule has 0 bridgehead atoms. The van der Waals surface area contributed by atoms with Crippen LogP contribution in [0.1, 0.15) is 38.6 Å². The highest BCUT2D eigenvalue weighted by molar-refractivity contribution is 7.85. The Morgan fingerprint density at radius 3 is 2.58 bits per heavy atom. The fourth-order valence-corrected chi connectivity index (χ4v) is 4.59. The predicted octanol–water partition coefficient (Wildman–Crippen LogP) is 4.87. The van der Waals surface area contributed by atoms with Crippen LogP contribution in [0.4, 0.5) is 10.1 Å². The number of anilines is 1. The lowest BCUT2D eigenvalue weighted by molar-refractivity contribution is -0.118. The molecule has 31 heavy (non-hydrogen) atoms. The third kappa shape index (κ3) is 4.41. The molecule has 0 fully saturated rings. The number of hydrogen-bond acceptors (Lipinski definition) is 5. The van der Waals surface area contributed by atoms with Crippen LogP contribution in [0.5, 0.6) is 0 Å². The molecule has 0 radical (unpaired) electrons. The SMILES string of the molecule is CC(C)(C)c1nc(-c2cc3c(cc2F)S(=O)CCC(=O)N3Cc2ccc(Cl)cc2)no1. The Bertz CT molecular complexity index is 1170. The van der Waals surface area contributed by atoms with Crippen LogP contribution in [0.2, 0.25) is 5.02 Å². The molecule has 9 heteroatoms. The summed E-state index contributed by atoms with van der Waals surface area (Å²) in [7, 11) is -1.51. The number of hydrogen-bond donors (Lipinski definition) is 0. The minimum absolute atomic E-state index is 0.0825. The molecule has 1 aliphatic heterocycles. The van der Waals surface area contributed by atoms with E-state index in [4.69, 9.17) is 16.1 Å². The van der Waals surface area contributed by atoms with Crippen molar-refractivity contribution in [1.29, 1.82) is 0 Å². The highest BCUT2D eigenvalue weighted by Gasteiger charge is 2.30. The van der Waals surface area contributed by atoms with Crippen molar-refractivity contribution in [2.45, 2.75) is 44.0 Å². The van der Waals surface area contributed by atoms with E-state index in [1.807, 2.05) is 32.9 Å². The second-order valence-corrected chi connectivity index (χ2v) is 10.4. The van der Waals surface area contributed by atoms with Crippen molar-refractivity contribution >= 4 is 34.0 Å². The van der Waals surface area contributed by atoms with Gasteiger partial charge >= 0.3 is 0 Å². The molecule has 1 amide bonds. The summed E-state index contributed by atoms with van der Waals surface area (Å²) in [6, 6.07) is 9.80. The average Bonchev–Trinajstić information content (AvgIpc) is 3.18. The first kappa shape index (κ1) is 21.6. The van der Waals surface area contributed by atoms with Gasteiger partial charge in [0, 0.05) is 22.6 Å². The van der Waals surface area contributed by atoms with Crippen molar-refractivity contribution in [2.24, 2.45) is 0 Å². The second kappa shape index (κ2) is 8.16. The Morgan fingerprint density at radius 1 is 1.23 bits per heavy atom. The lowest BCUT2D eigenvalue weighted by Gasteiger charge is -2.23. The van der Waals surface area contributed by atoms with Gasteiger partial charge in [-0.3, -0.25) is 9.00 Å². The van der Waals surface area contributed by atoms with E-state index in [9.17, 15) is 13.4 Å². The van der Waals surface area contributed by atoms with Crippen LogP contribution in [0.3, 0.4) is 0 Å². The summed E-state index contributed by atoms with van der Waals surface area (Å²) in [5.74, 6) is -0.219. The first-order valence-electron chi connectivity index (χ1n) is 9.75. The van der Waals surface area contributed by atoms with Gasteiger partial charge in [0.1, 0.15) is 5.82 Å². The number of carbonyl (C=O) groups excluding carboxylic acids is 1. The maximum absolute atomic E-state index is 15.0. The topological polar surface area (TPSA) is 76.3 Å². The molecule has 0 N–H and O–H groups in total. The first-order chi connectivity index (χ1) is 14.6. The predicted molar refractivity (Wildman–Crippen MR) is 117 cm³/mol. The van der Waals surface area contributed by atoms with E-state index in [0.717, 1.165) is 5.56 Å². The molecular formula is C22H21ClFN3O3S. The van der Waals surface area contributed by atoms with Crippen molar-refractivity contribution in [2.75, 3.05) is 10.7 Å². The molecule has 3 aromatic rings. The summed E-state index contributed by atoms with van der Waals surface area (Å²) >= 11 is 5.96. The lowest BCUT2D eigenvalue weighted by atomic mass is 9.97. The van der Waals surface area contributed by atoms with Crippen molar-refractivity contribution in [1.82, 2.24) is 10.1 Å². The Hall–Kier alpha value is -2.58. The van der Waals surface area contributed by atoms with E-state index < -0.39 is 22.0 Å². The number of aromatic nitrogens is 2. The van der Waals surface area contributed by atoms with Crippen molar-refractivity contribution in [3.05, 3.63) is 58.7 Å². The largest absolute Gasteiger partial charge is 0.338 e. The van der Waals surface area contributed by atoms with E-state index >= 15 is 0 Å². The van der Waals surface area contributed by atoms with Gasteiger partial charge < -0.3 is 9.42 Å². The minimum atomic E-state index is -1.51. The van der Waals surface area contributed by atoms with Gasteiger partial charge in [-0.05, 0) is 29.8 Å². The average molecular weight is 462 g/mol. The molecule has 1 aromatic heterocycles. The summed E-state index contributed by atoms with van der Waals surface area (Å²) < 4.78 is 33.0. The number of amides is 1. The molecule has 162 valence electrons. The fourth-order valence-electron chi connectivity index (χ4n) is 3.25. The molecule has 2 aromatic carbocycles. The molecule has 6 nitrogen and oxygen atoms in total. The molecule has 0 saturated heterocycles. The number of carbonyl (C=O) groups is 1. The molecule has 0 saturated carbocycles. The van der Waals surface area contributed by atoms with Gasteiger partial charge in [-0.2, -0.15) is 4.98 Å². The van der Waals surface area contributed by atoms with Crippen molar-refractivity contribution < 1.29 is 17.9 Å². The third-order valence-corrected chi connectivity index (χ3v) is 6.59. The molecule has 0 spiro atoms. The van der Waals surface area contributed by atoms with Gasteiger partial charge in [0.25, 0.3) is 0 Å². The van der Waals surface area contributed by atoms with Gasteiger partial charge in [-0.25, -0.2) is 4.39 Å². The zero-order chi connectivity index (χ0) is 22.3. The van der Waals surface area contributed by atoms with E-state index in [2.05, 4.69) is 10.1 Å². The number of halogens is 2. The van der Waals surface area contributed by atoms with Gasteiger partial charge in [0.15, 0.2) is 0 Å².